The number of carbonyl (C=O) groups is 1. The average Bonchev–Trinajstić information content (AvgIpc) is 2.34. The predicted molar refractivity (Wildman–Crippen MR) is 42.3 cm³/mol. The van der Waals surface area contributed by atoms with Gasteiger partial charge in [-0.3, -0.25) is 4.79 Å². The lowest BCUT2D eigenvalue weighted by molar-refractivity contribution is -0.152. The Kier molecular flexibility index (Phi) is 3.33. The molecule has 0 amide bonds. The third-order valence-corrected chi connectivity index (χ3v) is 2.39. The van der Waals surface area contributed by atoms with Gasteiger partial charge in [0.05, 0.1) is 0 Å². The van der Waals surface area contributed by atoms with Crippen molar-refractivity contribution in [1.29, 1.82) is 0 Å². The zero-order chi connectivity index (χ0) is 9.90. The second kappa shape index (κ2) is 4.11. The molecular weight excluding hydrogens is 181 g/mol. The van der Waals surface area contributed by atoms with Crippen molar-refractivity contribution in [2.24, 2.45) is 5.92 Å². The van der Waals surface area contributed by atoms with Gasteiger partial charge in [0.15, 0.2) is 0 Å². The minimum Gasteiger partial charge on any atom is -0.299 e. The van der Waals surface area contributed by atoms with Gasteiger partial charge in [-0.25, -0.2) is 0 Å². The molecule has 13 heavy (non-hydrogen) atoms. The summed E-state index contributed by atoms with van der Waals surface area (Å²) in [5.74, 6) is -0.436. The van der Waals surface area contributed by atoms with Crippen LogP contribution < -0.4 is 0 Å². The molecule has 1 saturated carbocycles. The van der Waals surface area contributed by atoms with E-state index in [-0.39, 0.29) is 12.3 Å². The van der Waals surface area contributed by atoms with Crippen LogP contribution in [0.15, 0.2) is 0 Å². The molecular formula is C9H13F3O. The highest BCUT2D eigenvalue weighted by Gasteiger charge is 2.32. The summed E-state index contributed by atoms with van der Waals surface area (Å²) in [5.41, 5.74) is 0. The summed E-state index contributed by atoms with van der Waals surface area (Å²) in [6.07, 6.45) is -1.49. The highest BCUT2D eigenvalue weighted by molar-refractivity contribution is 5.79. The molecule has 1 nitrogen and oxygen atoms in total. The predicted octanol–water partition coefficient (Wildman–Crippen LogP) is 3.09. The first-order valence-electron chi connectivity index (χ1n) is 4.56. The molecule has 0 unspecified atom stereocenters. The van der Waals surface area contributed by atoms with E-state index in [1.54, 1.807) is 0 Å². The number of carbonyl (C=O) groups excluding carboxylic acids is 1. The largest absolute Gasteiger partial charge is 0.395 e. The molecule has 4 heteroatoms. The highest BCUT2D eigenvalue weighted by Crippen LogP contribution is 2.29. The lowest BCUT2D eigenvalue weighted by atomic mass is 10.00. The molecule has 0 aromatic carbocycles. The van der Waals surface area contributed by atoms with Crippen molar-refractivity contribution in [3.8, 4) is 0 Å². The topological polar surface area (TPSA) is 17.1 Å². The minimum absolute atomic E-state index is 0.125. The minimum atomic E-state index is -4.32. The zero-order valence-electron chi connectivity index (χ0n) is 7.36. The third kappa shape index (κ3) is 4.29. The molecule has 1 rings (SSSR count). The molecule has 1 aliphatic carbocycles. The van der Waals surface area contributed by atoms with E-state index < -0.39 is 18.4 Å². The van der Waals surface area contributed by atoms with Crippen molar-refractivity contribution in [3.63, 3.8) is 0 Å². The molecule has 0 saturated heterocycles. The van der Waals surface area contributed by atoms with Crippen LogP contribution in [0.2, 0.25) is 0 Å². The lowest BCUT2D eigenvalue weighted by Crippen LogP contribution is -2.16. The van der Waals surface area contributed by atoms with Gasteiger partial charge >= 0.3 is 6.18 Å². The monoisotopic (exact) mass is 194 g/mol. The summed E-state index contributed by atoms with van der Waals surface area (Å²) >= 11 is 0. The number of alkyl halides is 3. The average molecular weight is 194 g/mol. The van der Waals surface area contributed by atoms with E-state index in [2.05, 4.69) is 0 Å². The van der Waals surface area contributed by atoms with Crippen LogP contribution in [0.3, 0.4) is 0 Å². The van der Waals surface area contributed by atoms with E-state index in [0.717, 1.165) is 25.7 Å². The quantitative estimate of drug-likeness (QED) is 0.674. The fourth-order valence-electron chi connectivity index (χ4n) is 1.83. The Labute approximate surface area is 75.3 Å². The van der Waals surface area contributed by atoms with Crippen LogP contribution >= 0.6 is 0 Å². The summed E-state index contributed by atoms with van der Waals surface area (Å²) in [7, 11) is 0. The number of Topliss-reactive ketones (excluding diaryl/α,β-unsaturated/α-hetero) is 1. The smallest absolute Gasteiger partial charge is 0.299 e. The summed E-state index contributed by atoms with van der Waals surface area (Å²) in [4.78, 5) is 10.9. The first-order valence-corrected chi connectivity index (χ1v) is 4.56. The van der Waals surface area contributed by atoms with Crippen LogP contribution in [-0.4, -0.2) is 12.0 Å². The molecule has 0 aromatic heterocycles. The third-order valence-electron chi connectivity index (χ3n) is 2.39. The van der Waals surface area contributed by atoms with Crippen molar-refractivity contribution >= 4 is 5.78 Å². The number of ketones is 1. The molecule has 0 N–H and O–H groups in total. The van der Waals surface area contributed by atoms with Gasteiger partial charge in [0, 0.05) is 6.42 Å². The van der Waals surface area contributed by atoms with E-state index in [1.165, 1.54) is 0 Å². The maximum Gasteiger partial charge on any atom is 0.395 e. The Balaban J connectivity index is 2.24. The van der Waals surface area contributed by atoms with Gasteiger partial charge in [0.1, 0.15) is 12.2 Å². The van der Waals surface area contributed by atoms with Crippen LogP contribution in [0.25, 0.3) is 0 Å². The highest BCUT2D eigenvalue weighted by atomic mass is 19.4. The van der Waals surface area contributed by atoms with E-state index in [4.69, 9.17) is 0 Å². The number of rotatable bonds is 3. The fraction of sp³-hybridized carbons (Fsp3) is 0.889. The van der Waals surface area contributed by atoms with Gasteiger partial charge in [-0.1, -0.05) is 25.7 Å². The molecule has 1 aliphatic rings. The molecule has 76 valence electrons. The molecule has 0 atom stereocenters. The Morgan fingerprint density at radius 1 is 1.23 bits per heavy atom. The number of halogens is 3. The van der Waals surface area contributed by atoms with Gasteiger partial charge in [-0.05, 0) is 5.92 Å². The molecule has 0 aromatic rings. The fourth-order valence-corrected chi connectivity index (χ4v) is 1.83. The molecule has 1 fully saturated rings. The van der Waals surface area contributed by atoms with E-state index in [0.29, 0.717) is 0 Å². The Bertz CT molecular complexity index is 180. The van der Waals surface area contributed by atoms with E-state index in [9.17, 15) is 18.0 Å². The van der Waals surface area contributed by atoms with Crippen LogP contribution in [0.1, 0.15) is 38.5 Å². The van der Waals surface area contributed by atoms with Crippen LogP contribution in [0, 0.1) is 5.92 Å². The van der Waals surface area contributed by atoms with Crippen molar-refractivity contribution in [2.75, 3.05) is 0 Å². The maximum atomic E-state index is 11.8. The summed E-state index contributed by atoms with van der Waals surface area (Å²) in [6, 6.07) is 0. The van der Waals surface area contributed by atoms with Crippen LogP contribution in [0.5, 0.6) is 0 Å². The van der Waals surface area contributed by atoms with Gasteiger partial charge < -0.3 is 0 Å². The van der Waals surface area contributed by atoms with Crippen LogP contribution in [-0.2, 0) is 4.79 Å². The van der Waals surface area contributed by atoms with Gasteiger partial charge in [0.2, 0.25) is 0 Å². The lowest BCUT2D eigenvalue weighted by Gasteiger charge is -2.09. The van der Waals surface area contributed by atoms with Crippen molar-refractivity contribution < 1.29 is 18.0 Å². The van der Waals surface area contributed by atoms with E-state index in [1.807, 2.05) is 0 Å². The van der Waals surface area contributed by atoms with Crippen LogP contribution in [0.4, 0.5) is 13.2 Å². The zero-order valence-corrected chi connectivity index (χ0v) is 7.36. The summed E-state index contributed by atoms with van der Waals surface area (Å²) in [5, 5.41) is 0. The van der Waals surface area contributed by atoms with Gasteiger partial charge in [-0.2, -0.15) is 13.2 Å². The molecule has 0 radical (unpaired) electrons. The number of hydrogen-bond donors (Lipinski definition) is 0. The number of hydrogen-bond acceptors (Lipinski definition) is 1. The second-order valence-electron chi connectivity index (χ2n) is 3.69. The Hall–Kier alpha value is -0.540. The molecule has 0 heterocycles. The first-order chi connectivity index (χ1) is 5.97. The van der Waals surface area contributed by atoms with Gasteiger partial charge in [-0.15, -0.1) is 0 Å². The first kappa shape index (κ1) is 10.5. The molecule has 0 bridgehead atoms. The van der Waals surface area contributed by atoms with Crippen molar-refractivity contribution in [2.45, 2.75) is 44.7 Å². The van der Waals surface area contributed by atoms with E-state index >= 15 is 0 Å². The summed E-state index contributed by atoms with van der Waals surface area (Å²) in [6.45, 7) is 0. The Morgan fingerprint density at radius 3 is 2.23 bits per heavy atom. The van der Waals surface area contributed by atoms with Crippen molar-refractivity contribution in [1.82, 2.24) is 0 Å². The normalized spacial score (nSPS) is 19.3. The summed E-state index contributed by atoms with van der Waals surface area (Å²) < 4.78 is 35.3. The SMILES string of the molecule is O=C(CC1CCCC1)CC(F)(F)F. The standard InChI is InChI=1S/C9H13F3O/c10-9(11,12)6-8(13)5-7-3-1-2-4-7/h7H,1-6H2. The second-order valence-corrected chi connectivity index (χ2v) is 3.69. The Morgan fingerprint density at radius 2 is 1.77 bits per heavy atom. The van der Waals surface area contributed by atoms with Gasteiger partial charge in [0.25, 0.3) is 0 Å². The maximum absolute atomic E-state index is 11.8. The molecule has 0 aliphatic heterocycles. The molecule has 0 spiro atoms. The van der Waals surface area contributed by atoms with Crippen molar-refractivity contribution in [3.05, 3.63) is 0 Å².